The molecular weight excluding hydrogens is 343 g/mol. The zero-order valence-corrected chi connectivity index (χ0v) is 13.2. The summed E-state index contributed by atoms with van der Waals surface area (Å²) in [4.78, 5) is 15.9. The van der Waals surface area contributed by atoms with Crippen LogP contribution in [0.5, 0.6) is 0 Å². The van der Waals surface area contributed by atoms with Crippen LogP contribution in [0.3, 0.4) is 0 Å². The highest BCUT2D eigenvalue weighted by Gasteiger charge is 2.20. The molecule has 0 aliphatic rings. The Balaban J connectivity index is 2.28. The maximum Gasteiger partial charge on any atom is 0.272 e. The van der Waals surface area contributed by atoms with E-state index in [9.17, 15) is 13.2 Å². The molecule has 20 heavy (non-hydrogen) atoms. The van der Waals surface area contributed by atoms with Gasteiger partial charge in [0.15, 0.2) is 9.34 Å². The fourth-order valence-corrected chi connectivity index (χ4v) is 4.04. The Bertz CT molecular complexity index is 772. The zero-order valence-electron chi connectivity index (χ0n) is 10.1. The summed E-state index contributed by atoms with van der Waals surface area (Å²) in [5.41, 5.74) is 0.511. The lowest BCUT2D eigenvalue weighted by Gasteiger charge is -2.02. The van der Waals surface area contributed by atoms with E-state index < -0.39 is 15.0 Å². The second kappa shape index (κ2) is 5.69. The summed E-state index contributed by atoms with van der Waals surface area (Å²) in [5, 5.41) is 2.93. The highest BCUT2D eigenvalue weighted by Crippen LogP contribution is 2.30. The van der Waals surface area contributed by atoms with Gasteiger partial charge in [-0.1, -0.05) is 35.1 Å². The number of hydrogen-bond donors (Lipinski definition) is 1. The van der Waals surface area contributed by atoms with Crippen LogP contribution < -0.4 is 5.32 Å². The lowest BCUT2D eigenvalue weighted by molar-refractivity contribution is 0.102. The van der Waals surface area contributed by atoms with E-state index >= 15 is 0 Å². The molecule has 0 atom stereocenters. The number of aryl methyl sites for hydroxylation is 1. The molecule has 1 amide bonds. The molecule has 0 spiro atoms. The molecule has 0 unspecified atom stereocenters. The molecule has 2 aromatic rings. The van der Waals surface area contributed by atoms with Gasteiger partial charge in [0.25, 0.3) is 15.0 Å². The van der Waals surface area contributed by atoms with Gasteiger partial charge in [-0.2, -0.15) is 0 Å². The number of aromatic nitrogens is 1. The van der Waals surface area contributed by atoms with E-state index in [1.54, 1.807) is 24.3 Å². The Morgan fingerprint density at radius 2 is 2.00 bits per heavy atom. The number of anilines is 1. The van der Waals surface area contributed by atoms with Gasteiger partial charge in [-0.15, -0.1) is 0 Å². The molecule has 2 rings (SSSR count). The Hall–Kier alpha value is -1.15. The minimum atomic E-state index is -3.87. The quantitative estimate of drug-likeness (QED) is 0.861. The summed E-state index contributed by atoms with van der Waals surface area (Å²) in [5.74, 6) is -0.470. The van der Waals surface area contributed by atoms with Crippen LogP contribution >= 0.6 is 33.6 Å². The Labute approximate surface area is 129 Å². The molecule has 5 nitrogen and oxygen atoms in total. The van der Waals surface area contributed by atoms with Crippen LogP contribution in [0.4, 0.5) is 5.13 Å². The van der Waals surface area contributed by atoms with Gasteiger partial charge >= 0.3 is 0 Å². The third kappa shape index (κ3) is 3.29. The molecule has 1 heterocycles. The van der Waals surface area contributed by atoms with Crippen molar-refractivity contribution in [2.45, 2.75) is 11.1 Å². The van der Waals surface area contributed by atoms with Crippen LogP contribution in [0.25, 0.3) is 0 Å². The van der Waals surface area contributed by atoms with Crippen molar-refractivity contribution in [1.29, 1.82) is 0 Å². The maximum atomic E-state index is 12.0. The number of nitrogens with zero attached hydrogens (tertiary/aromatic N) is 1. The average molecular weight is 351 g/mol. The number of nitrogens with one attached hydrogen (secondary N) is 1. The molecule has 0 saturated carbocycles. The predicted octanol–water partition coefficient (Wildman–Crippen LogP) is 3.28. The molecule has 0 aliphatic carbocycles. The van der Waals surface area contributed by atoms with Crippen molar-refractivity contribution in [2.75, 3.05) is 5.32 Å². The first-order chi connectivity index (χ1) is 9.29. The molecule has 0 bridgehead atoms. The second-order valence-electron chi connectivity index (χ2n) is 3.76. The topological polar surface area (TPSA) is 76.1 Å². The van der Waals surface area contributed by atoms with Gasteiger partial charge < -0.3 is 0 Å². The van der Waals surface area contributed by atoms with Gasteiger partial charge in [-0.05, 0) is 19.1 Å². The predicted molar refractivity (Wildman–Crippen MR) is 79.3 cm³/mol. The smallest absolute Gasteiger partial charge is 0.272 e. The van der Waals surface area contributed by atoms with Crippen LogP contribution in [0, 0.1) is 6.92 Å². The summed E-state index contributed by atoms with van der Waals surface area (Å²) in [6.07, 6.45) is 0. The van der Waals surface area contributed by atoms with E-state index in [0.29, 0.717) is 5.02 Å². The van der Waals surface area contributed by atoms with Crippen LogP contribution in [0.1, 0.15) is 16.1 Å². The molecular formula is C11H8Cl2N2O3S2. The minimum Gasteiger partial charge on any atom is -0.298 e. The van der Waals surface area contributed by atoms with Crippen molar-refractivity contribution in [3.05, 3.63) is 40.5 Å². The maximum absolute atomic E-state index is 12.0. The molecule has 106 valence electrons. The average Bonchev–Trinajstić information content (AvgIpc) is 2.70. The van der Waals surface area contributed by atoms with E-state index in [1.807, 2.05) is 0 Å². The Morgan fingerprint density at radius 1 is 1.35 bits per heavy atom. The highest BCUT2D eigenvalue weighted by atomic mass is 35.7. The fraction of sp³-hybridized carbons (Fsp3) is 0.0909. The van der Waals surface area contributed by atoms with Gasteiger partial charge in [-0.3, -0.25) is 10.1 Å². The first-order valence-corrected chi connectivity index (χ1v) is 8.77. The summed E-state index contributed by atoms with van der Waals surface area (Å²) < 4.78 is 22.5. The van der Waals surface area contributed by atoms with Crippen molar-refractivity contribution in [3.63, 3.8) is 0 Å². The third-order valence-corrected chi connectivity index (χ3v) is 5.90. The number of benzene rings is 1. The highest BCUT2D eigenvalue weighted by molar-refractivity contribution is 8.15. The number of amides is 1. The Morgan fingerprint density at radius 3 is 2.55 bits per heavy atom. The number of thiazole rings is 1. The SMILES string of the molecule is Cc1nc(NC(=O)c2ccccc2Cl)sc1S(=O)(=O)Cl. The summed E-state index contributed by atoms with van der Waals surface area (Å²) in [7, 11) is 1.39. The van der Waals surface area contributed by atoms with Crippen molar-refractivity contribution < 1.29 is 13.2 Å². The zero-order chi connectivity index (χ0) is 14.9. The fourth-order valence-electron chi connectivity index (χ4n) is 1.47. The summed E-state index contributed by atoms with van der Waals surface area (Å²) >= 11 is 6.69. The van der Waals surface area contributed by atoms with E-state index in [1.165, 1.54) is 6.92 Å². The van der Waals surface area contributed by atoms with Gasteiger partial charge in [0.1, 0.15) is 0 Å². The number of rotatable bonds is 3. The van der Waals surface area contributed by atoms with Gasteiger partial charge in [0.2, 0.25) is 0 Å². The van der Waals surface area contributed by atoms with Crippen molar-refractivity contribution in [1.82, 2.24) is 4.98 Å². The summed E-state index contributed by atoms with van der Waals surface area (Å²) in [6, 6.07) is 6.50. The molecule has 1 aromatic heterocycles. The first-order valence-electron chi connectivity index (χ1n) is 5.27. The Kier molecular flexibility index (Phi) is 4.33. The molecule has 0 radical (unpaired) electrons. The van der Waals surface area contributed by atoms with Crippen LogP contribution in [0.15, 0.2) is 28.5 Å². The lowest BCUT2D eigenvalue weighted by Crippen LogP contribution is -2.12. The molecule has 0 aliphatic heterocycles. The van der Waals surface area contributed by atoms with Crippen molar-refractivity contribution >= 4 is 53.7 Å². The van der Waals surface area contributed by atoms with Crippen LogP contribution in [0.2, 0.25) is 5.02 Å². The number of hydrogen-bond acceptors (Lipinski definition) is 5. The summed E-state index contributed by atoms with van der Waals surface area (Å²) in [6.45, 7) is 1.50. The van der Waals surface area contributed by atoms with E-state index in [-0.39, 0.29) is 20.6 Å². The number of carbonyl (C=O) groups excluding carboxylic acids is 1. The second-order valence-corrected chi connectivity index (χ2v) is 7.93. The molecule has 1 aromatic carbocycles. The number of halogens is 2. The first kappa shape index (κ1) is 15.2. The van der Waals surface area contributed by atoms with Crippen LogP contribution in [-0.2, 0) is 9.05 Å². The molecule has 0 saturated heterocycles. The van der Waals surface area contributed by atoms with Gasteiger partial charge in [0, 0.05) is 10.7 Å². The third-order valence-electron chi connectivity index (χ3n) is 2.31. The standard InChI is InChI=1S/C11H8Cl2N2O3S2/c1-6-10(20(13,17)18)19-11(14-6)15-9(16)7-4-2-3-5-8(7)12/h2-5H,1H3,(H,14,15,16). The minimum absolute atomic E-state index is 0.0892. The van der Waals surface area contributed by atoms with Crippen molar-refractivity contribution in [2.24, 2.45) is 0 Å². The van der Waals surface area contributed by atoms with Gasteiger partial charge in [0.05, 0.1) is 16.3 Å². The molecule has 9 heteroatoms. The van der Waals surface area contributed by atoms with E-state index in [4.69, 9.17) is 22.3 Å². The molecule has 1 N–H and O–H groups in total. The monoisotopic (exact) mass is 350 g/mol. The van der Waals surface area contributed by atoms with E-state index in [0.717, 1.165) is 11.3 Å². The number of carbonyl (C=O) groups is 1. The normalized spacial score (nSPS) is 11.3. The largest absolute Gasteiger partial charge is 0.298 e. The molecule has 0 fully saturated rings. The van der Waals surface area contributed by atoms with Crippen LogP contribution in [-0.4, -0.2) is 19.3 Å². The lowest BCUT2D eigenvalue weighted by atomic mass is 10.2. The van der Waals surface area contributed by atoms with E-state index in [2.05, 4.69) is 10.3 Å². The van der Waals surface area contributed by atoms with Gasteiger partial charge in [-0.25, -0.2) is 13.4 Å². The van der Waals surface area contributed by atoms with Crippen molar-refractivity contribution in [3.8, 4) is 0 Å².